The molecule has 0 aliphatic rings. The third-order valence-electron chi connectivity index (χ3n) is 2.30. The van der Waals surface area contributed by atoms with Crippen molar-refractivity contribution in [3.63, 3.8) is 0 Å². The molecule has 5 heteroatoms. The molecule has 0 fully saturated rings. The number of sulfonamides is 1. The summed E-state index contributed by atoms with van der Waals surface area (Å²) in [6.07, 6.45) is 1.78. The molecule has 0 spiro atoms. The molecular formula is C10H12N2O2S. The van der Waals surface area contributed by atoms with Crippen molar-refractivity contribution in [1.82, 2.24) is 9.29 Å². The van der Waals surface area contributed by atoms with E-state index in [1.165, 1.54) is 7.05 Å². The summed E-state index contributed by atoms with van der Waals surface area (Å²) in [4.78, 5) is 0. The number of fused-ring (bicyclic) bond motifs is 1. The first-order chi connectivity index (χ1) is 7.12. The fourth-order valence-electron chi connectivity index (χ4n) is 1.50. The highest BCUT2D eigenvalue weighted by Crippen LogP contribution is 2.15. The molecule has 4 nitrogen and oxygen atoms in total. The van der Waals surface area contributed by atoms with E-state index in [-0.39, 0.29) is 5.88 Å². The molecule has 2 aromatic rings. The predicted molar refractivity (Wildman–Crippen MR) is 59.9 cm³/mol. The van der Waals surface area contributed by atoms with Gasteiger partial charge in [-0.25, -0.2) is 13.1 Å². The summed E-state index contributed by atoms with van der Waals surface area (Å²) in [6.45, 7) is 0. The molecule has 2 rings (SSSR count). The third kappa shape index (κ3) is 2.03. The van der Waals surface area contributed by atoms with Gasteiger partial charge in [-0.3, -0.25) is 0 Å². The zero-order valence-electron chi connectivity index (χ0n) is 8.34. The summed E-state index contributed by atoms with van der Waals surface area (Å²) in [5.41, 5.74) is 0.927. The highest BCUT2D eigenvalue weighted by molar-refractivity contribution is 7.88. The lowest BCUT2D eigenvalue weighted by molar-refractivity contribution is 0.577. The Hall–Kier alpha value is -1.33. The maximum absolute atomic E-state index is 11.4. The van der Waals surface area contributed by atoms with Gasteiger partial charge in [0.05, 0.1) is 0 Å². The maximum atomic E-state index is 11.4. The summed E-state index contributed by atoms with van der Waals surface area (Å²) in [5, 5.41) is 1.05. The highest BCUT2D eigenvalue weighted by atomic mass is 32.2. The summed E-state index contributed by atoms with van der Waals surface area (Å²) in [7, 11) is -1.80. The Bertz CT molecular complexity index is 572. The number of aromatic nitrogens is 1. The van der Waals surface area contributed by atoms with E-state index in [4.69, 9.17) is 0 Å². The summed E-state index contributed by atoms with van der Waals surface area (Å²) < 4.78 is 26.8. The van der Waals surface area contributed by atoms with Gasteiger partial charge in [-0.05, 0) is 24.6 Å². The number of rotatable bonds is 3. The zero-order chi connectivity index (χ0) is 10.9. The lowest BCUT2D eigenvalue weighted by Gasteiger charge is -2.05. The molecule has 80 valence electrons. The molecule has 15 heavy (non-hydrogen) atoms. The Labute approximate surface area is 88.6 Å². The van der Waals surface area contributed by atoms with E-state index in [9.17, 15) is 8.42 Å². The first kappa shape index (κ1) is 10.2. The van der Waals surface area contributed by atoms with E-state index >= 15 is 0 Å². The first-order valence-corrected chi connectivity index (χ1v) is 6.23. The minimum absolute atomic E-state index is 0.0446. The predicted octanol–water partition coefficient (Wildman–Crippen LogP) is 1.15. The Morgan fingerprint density at radius 2 is 2.00 bits per heavy atom. The summed E-state index contributed by atoms with van der Waals surface area (Å²) >= 11 is 0. The van der Waals surface area contributed by atoms with E-state index in [0.29, 0.717) is 0 Å². The molecular weight excluding hydrogens is 212 g/mol. The summed E-state index contributed by atoms with van der Waals surface area (Å²) in [6, 6.07) is 9.59. The molecule has 0 atom stereocenters. The second-order valence-corrected chi connectivity index (χ2v) is 5.19. The number of para-hydroxylation sites is 1. The standard InChI is InChI=1S/C10H12N2O2S/c1-11-15(13,14)8-12-7-6-9-4-2-3-5-10(9)12/h2-7,11H,8H2,1H3. The fourth-order valence-corrected chi connectivity index (χ4v) is 2.22. The molecule has 1 N–H and O–H groups in total. The van der Waals surface area contributed by atoms with Crippen molar-refractivity contribution in [2.24, 2.45) is 0 Å². The van der Waals surface area contributed by atoms with E-state index < -0.39 is 10.0 Å². The molecule has 0 bridgehead atoms. The van der Waals surface area contributed by atoms with Gasteiger partial charge in [-0.15, -0.1) is 0 Å². The van der Waals surface area contributed by atoms with Crippen LogP contribution in [0.1, 0.15) is 0 Å². The van der Waals surface area contributed by atoms with Crippen molar-refractivity contribution in [1.29, 1.82) is 0 Å². The van der Waals surface area contributed by atoms with Crippen LogP contribution in [0.5, 0.6) is 0 Å². The van der Waals surface area contributed by atoms with Crippen LogP contribution in [0.3, 0.4) is 0 Å². The van der Waals surface area contributed by atoms with Crippen LogP contribution in [-0.4, -0.2) is 20.0 Å². The topological polar surface area (TPSA) is 51.1 Å². The zero-order valence-corrected chi connectivity index (χ0v) is 9.16. The molecule has 0 aliphatic heterocycles. The quantitative estimate of drug-likeness (QED) is 0.850. The lowest BCUT2D eigenvalue weighted by Crippen LogP contribution is -2.23. The van der Waals surface area contributed by atoms with Crippen molar-refractivity contribution in [2.75, 3.05) is 7.05 Å². The summed E-state index contributed by atoms with van der Waals surface area (Å²) in [5.74, 6) is -0.0446. The van der Waals surface area contributed by atoms with Gasteiger partial charge in [-0.1, -0.05) is 18.2 Å². The SMILES string of the molecule is CNS(=O)(=O)Cn1ccc2ccccc21. The molecule has 0 saturated heterocycles. The number of hydrogen-bond acceptors (Lipinski definition) is 2. The molecule has 0 amide bonds. The van der Waals surface area contributed by atoms with Crippen molar-refractivity contribution in [3.8, 4) is 0 Å². The second-order valence-electron chi connectivity index (χ2n) is 3.29. The maximum Gasteiger partial charge on any atom is 0.229 e. The van der Waals surface area contributed by atoms with Crippen molar-refractivity contribution >= 4 is 20.9 Å². The van der Waals surface area contributed by atoms with Crippen LogP contribution in [0.2, 0.25) is 0 Å². The van der Waals surface area contributed by atoms with Gasteiger partial charge >= 0.3 is 0 Å². The number of nitrogens with zero attached hydrogens (tertiary/aromatic N) is 1. The smallest absolute Gasteiger partial charge is 0.229 e. The van der Waals surface area contributed by atoms with Crippen molar-refractivity contribution < 1.29 is 8.42 Å². The van der Waals surface area contributed by atoms with Crippen LogP contribution in [0.4, 0.5) is 0 Å². The van der Waals surface area contributed by atoms with Gasteiger partial charge in [0.15, 0.2) is 0 Å². The third-order valence-corrected chi connectivity index (χ3v) is 3.54. The largest absolute Gasteiger partial charge is 0.331 e. The van der Waals surface area contributed by atoms with Gasteiger partial charge < -0.3 is 4.57 Å². The van der Waals surface area contributed by atoms with Crippen LogP contribution >= 0.6 is 0 Å². The van der Waals surface area contributed by atoms with Gasteiger partial charge in [-0.2, -0.15) is 0 Å². The van der Waals surface area contributed by atoms with Crippen LogP contribution in [0, 0.1) is 0 Å². The Balaban J connectivity index is 2.46. The van der Waals surface area contributed by atoms with E-state index in [1.807, 2.05) is 30.3 Å². The van der Waals surface area contributed by atoms with Crippen LogP contribution < -0.4 is 4.72 Å². The monoisotopic (exact) mass is 224 g/mol. The van der Waals surface area contributed by atoms with Crippen LogP contribution in [0.15, 0.2) is 36.5 Å². The van der Waals surface area contributed by atoms with Gasteiger partial charge in [0.1, 0.15) is 5.88 Å². The van der Waals surface area contributed by atoms with Crippen molar-refractivity contribution in [2.45, 2.75) is 5.88 Å². The Morgan fingerprint density at radius 1 is 1.27 bits per heavy atom. The molecule has 1 heterocycles. The normalized spacial score (nSPS) is 12.1. The average Bonchev–Trinajstić information content (AvgIpc) is 2.62. The number of hydrogen-bond donors (Lipinski definition) is 1. The van der Waals surface area contributed by atoms with E-state index in [2.05, 4.69) is 4.72 Å². The Kier molecular flexibility index (Phi) is 2.50. The van der Waals surface area contributed by atoms with Crippen LogP contribution in [0.25, 0.3) is 10.9 Å². The fraction of sp³-hybridized carbons (Fsp3) is 0.200. The lowest BCUT2D eigenvalue weighted by atomic mass is 10.2. The highest BCUT2D eigenvalue weighted by Gasteiger charge is 2.09. The first-order valence-electron chi connectivity index (χ1n) is 4.57. The number of benzene rings is 1. The van der Waals surface area contributed by atoms with Crippen LogP contribution in [-0.2, 0) is 15.9 Å². The van der Waals surface area contributed by atoms with E-state index in [0.717, 1.165) is 10.9 Å². The van der Waals surface area contributed by atoms with Gasteiger partial charge in [0, 0.05) is 11.7 Å². The van der Waals surface area contributed by atoms with Gasteiger partial charge in [0.2, 0.25) is 10.0 Å². The molecule has 1 aromatic carbocycles. The second kappa shape index (κ2) is 3.67. The van der Waals surface area contributed by atoms with Gasteiger partial charge in [0.25, 0.3) is 0 Å². The Morgan fingerprint density at radius 3 is 2.73 bits per heavy atom. The average molecular weight is 224 g/mol. The minimum Gasteiger partial charge on any atom is -0.331 e. The molecule has 0 radical (unpaired) electrons. The van der Waals surface area contributed by atoms with Crippen molar-refractivity contribution in [3.05, 3.63) is 36.5 Å². The van der Waals surface area contributed by atoms with E-state index in [1.54, 1.807) is 10.8 Å². The molecule has 1 aromatic heterocycles. The minimum atomic E-state index is -3.22. The molecule has 0 aliphatic carbocycles. The molecule has 0 saturated carbocycles. The molecule has 0 unspecified atom stereocenters. The number of nitrogens with one attached hydrogen (secondary N) is 1.